The molecule has 3 aromatic rings. The summed E-state index contributed by atoms with van der Waals surface area (Å²) in [4.78, 5) is 34.4. The van der Waals surface area contributed by atoms with Crippen LogP contribution in [0.3, 0.4) is 0 Å². The third-order valence-corrected chi connectivity index (χ3v) is 7.04. The van der Waals surface area contributed by atoms with Crippen molar-refractivity contribution in [2.45, 2.75) is 19.1 Å². The van der Waals surface area contributed by atoms with E-state index in [1.807, 2.05) is 37.3 Å². The van der Waals surface area contributed by atoms with E-state index in [1.165, 1.54) is 4.90 Å². The van der Waals surface area contributed by atoms with Gasteiger partial charge in [0.05, 0.1) is 28.5 Å². The van der Waals surface area contributed by atoms with Crippen LogP contribution in [-0.4, -0.2) is 29.6 Å². The lowest BCUT2D eigenvalue weighted by Gasteiger charge is -2.29. The number of hydrogen-bond acceptors (Lipinski definition) is 6. The Hall–Kier alpha value is -2.88. The smallest absolute Gasteiger partial charge is 0.266 e. The summed E-state index contributed by atoms with van der Waals surface area (Å²) in [7, 11) is 0. The number of carbonyl (C=O) groups is 2. The minimum Gasteiger partial charge on any atom is -0.503 e. The van der Waals surface area contributed by atoms with E-state index >= 15 is 0 Å². The molecule has 0 spiro atoms. The molecule has 34 heavy (non-hydrogen) atoms. The molecule has 0 aromatic heterocycles. The number of anilines is 2. The molecule has 7 nitrogen and oxygen atoms in total. The van der Waals surface area contributed by atoms with Crippen LogP contribution in [0, 0.1) is 5.92 Å². The lowest BCUT2D eigenvalue weighted by atomic mass is 9.90. The van der Waals surface area contributed by atoms with Crippen molar-refractivity contribution in [3.8, 4) is 11.5 Å². The standard InChI is InChI=1S/C25H20Br2N2O5/c1-2-33-19-13-14(12-18(27)22(19)30)21-20-23(34-29(21)17-6-4-3-5-7-17)25(32)28(24(20)31)16-10-8-15(26)9-11-16/h3-13,20-21,23,30H,2H2,1H3/t20-,21+,23+/m1/s1. The number of phenolic OH excluding ortho intramolecular Hbond substituents is 1. The van der Waals surface area contributed by atoms with Crippen molar-refractivity contribution in [1.82, 2.24) is 0 Å². The van der Waals surface area contributed by atoms with Crippen LogP contribution in [0.1, 0.15) is 18.5 Å². The third-order valence-electron chi connectivity index (χ3n) is 5.90. The number of halogens is 2. The van der Waals surface area contributed by atoms with Gasteiger partial charge in [-0.15, -0.1) is 0 Å². The van der Waals surface area contributed by atoms with Crippen LogP contribution in [0.15, 0.2) is 75.7 Å². The van der Waals surface area contributed by atoms with Gasteiger partial charge in [0.1, 0.15) is 5.92 Å². The van der Waals surface area contributed by atoms with E-state index in [9.17, 15) is 14.7 Å². The summed E-state index contributed by atoms with van der Waals surface area (Å²) in [6.45, 7) is 2.17. The summed E-state index contributed by atoms with van der Waals surface area (Å²) >= 11 is 6.77. The number of rotatable bonds is 5. The van der Waals surface area contributed by atoms with E-state index < -0.39 is 24.0 Å². The van der Waals surface area contributed by atoms with E-state index in [4.69, 9.17) is 9.57 Å². The van der Waals surface area contributed by atoms with Crippen LogP contribution in [0.5, 0.6) is 11.5 Å². The van der Waals surface area contributed by atoms with E-state index in [2.05, 4.69) is 31.9 Å². The van der Waals surface area contributed by atoms with Gasteiger partial charge in [0.25, 0.3) is 5.91 Å². The topological polar surface area (TPSA) is 79.3 Å². The van der Waals surface area contributed by atoms with Gasteiger partial charge in [-0.25, -0.2) is 9.96 Å². The molecule has 1 N–H and O–H groups in total. The zero-order valence-electron chi connectivity index (χ0n) is 18.0. The number of carbonyl (C=O) groups excluding carboxylic acids is 2. The van der Waals surface area contributed by atoms with E-state index in [1.54, 1.807) is 41.5 Å². The largest absolute Gasteiger partial charge is 0.503 e. The van der Waals surface area contributed by atoms with Crippen LogP contribution in [0.2, 0.25) is 0 Å². The number of benzene rings is 3. The average Bonchev–Trinajstić information content (AvgIpc) is 3.34. The highest BCUT2D eigenvalue weighted by Gasteiger charge is 2.60. The van der Waals surface area contributed by atoms with Gasteiger partial charge in [-0.2, -0.15) is 0 Å². The number of nitrogens with zero attached hydrogens (tertiary/aromatic N) is 2. The third kappa shape index (κ3) is 3.77. The molecule has 0 bridgehead atoms. The molecular weight excluding hydrogens is 568 g/mol. The van der Waals surface area contributed by atoms with Gasteiger partial charge in [-0.3, -0.25) is 14.4 Å². The lowest BCUT2D eigenvalue weighted by Crippen LogP contribution is -2.37. The molecule has 0 saturated carbocycles. The van der Waals surface area contributed by atoms with Crippen LogP contribution in [0.4, 0.5) is 11.4 Å². The highest BCUT2D eigenvalue weighted by molar-refractivity contribution is 9.10. The quantitative estimate of drug-likeness (QED) is 0.405. The fourth-order valence-electron chi connectivity index (χ4n) is 4.43. The van der Waals surface area contributed by atoms with E-state index in [0.29, 0.717) is 28.0 Å². The number of amides is 2. The zero-order chi connectivity index (χ0) is 24.0. The molecule has 2 amide bonds. The molecule has 5 rings (SSSR count). The second-order valence-corrected chi connectivity index (χ2v) is 9.70. The molecule has 2 aliphatic heterocycles. The fraction of sp³-hybridized carbons (Fsp3) is 0.200. The van der Waals surface area contributed by atoms with Crippen LogP contribution >= 0.6 is 31.9 Å². The van der Waals surface area contributed by atoms with Crippen molar-refractivity contribution < 1.29 is 24.3 Å². The number of hydrogen-bond donors (Lipinski definition) is 1. The molecule has 9 heteroatoms. The van der Waals surface area contributed by atoms with E-state index in [-0.39, 0.29) is 17.4 Å². The molecule has 174 valence electrons. The molecule has 0 radical (unpaired) electrons. The first kappa shape index (κ1) is 22.9. The first-order valence-corrected chi connectivity index (χ1v) is 12.3. The molecular formula is C25H20Br2N2O5. The fourth-order valence-corrected chi connectivity index (χ4v) is 5.15. The molecule has 0 aliphatic carbocycles. The minimum absolute atomic E-state index is 0.0300. The zero-order valence-corrected chi connectivity index (χ0v) is 21.2. The number of phenols is 1. The SMILES string of the molecule is CCOc1cc([C@H]2[C@H]3C(=O)N(c4ccc(Br)cc4)C(=O)[C@H]3ON2c2ccccc2)cc(Br)c1O. The first-order valence-electron chi connectivity index (χ1n) is 10.7. The number of fused-ring (bicyclic) bond motifs is 1. The van der Waals surface area contributed by atoms with Crippen molar-refractivity contribution in [2.24, 2.45) is 5.92 Å². The van der Waals surface area contributed by atoms with Crippen LogP contribution in [0.25, 0.3) is 0 Å². The Morgan fingerprint density at radius 3 is 2.35 bits per heavy atom. The monoisotopic (exact) mass is 586 g/mol. The van der Waals surface area contributed by atoms with Gasteiger partial charge in [-0.05, 0) is 76.9 Å². The summed E-state index contributed by atoms with van der Waals surface area (Å²) < 4.78 is 6.88. The maximum atomic E-state index is 13.7. The first-order chi connectivity index (χ1) is 16.4. The predicted molar refractivity (Wildman–Crippen MR) is 134 cm³/mol. The van der Waals surface area contributed by atoms with Gasteiger partial charge in [0, 0.05) is 4.47 Å². The number of para-hydroxylation sites is 1. The van der Waals surface area contributed by atoms with Crippen molar-refractivity contribution in [3.63, 3.8) is 0 Å². The Kier molecular flexibility index (Phi) is 6.09. The van der Waals surface area contributed by atoms with Gasteiger partial charge < -0.3 is 9.84 Å². The normalized spacial score (nSPS) is 21.8. The lowest BCUT2D eigenvalue weighted by molar-refractivity contribution is -0.126. The number of aromatic hydroxyl groups is 1. The van der Waals surface area contributed by atoms with Crippen molar-refractivity contribution >= 4 is 55.0 Å². The molecule has 0 unspecified atom stereocenters. The molecule has 3 aromatic carbocycles. The van der Waals surface area contributed by atoms with Gasteiger partial charge >= 0.3 is 0 Å². The number of hydroxylamine groups is 1. The summed E-state index contributed by atoms with van der Waals surface area (Å²) in [5.41, 5.74) is 1.87. The molecule has 2 aliphatic rings. The Morgan fingerprint density at radius 2 is 1.68 bits per heavy atom. The highest BCUT2D eigenvalue weighted by Crippen LogP contribution is 2.49. The van der Waals surface area contributed by atoms with E-state index in [0.717, 1.165) is 4.47 Å². The van der Waals surface area contributed by atoms with Crippen molar-refractivity contribution in [3.05, 3.63) is 81.2 Å². The highest BCUT2D eigenvalue weighted by atomic mass is 79.9. The molecule has 2 heterocycles. The minimum atomic E-state index is -0.982. The van der Waals surface area contributed by atoms with Crippen molar-refractivity contribution in [2.75, 3.05) is 16.6 Å². The number of ether oxygens (including phenoxy) is 1. The average molecular weight is 588 g/mol. The Bertz CT molecular complexity index is 1250. The summed E-state index contributed by atoms with van der Waals surface area (Å²) in [5, 5.41) is 12.0. The molecule has 2 saturated heterocycles. The summed E-state index contributed by atoms with van der Waals surface area (Å²) in [6, 6.07) is 19.1. The maximum Gasteiger partial charge on any atom is 0.266 e. The summed E-state index contributed by atoms with van der Waals surface area (Å²) in [6.07, 6.45) is -0.982. The Balaban J connectivity index is 1.62. The van der Waals surface area contributed by atoms with Crippen LogP contribution < -0.4 is 14.7 Å². The predicted octanol–water partition coefficient (Wildman–Crippen LogP) is 5.37. The van der Waals surface area contributed by atoms with Gasteiger partial charge in [0.15, 0.2) is 17.6 Å². The van der Waals surface area contributed by atoms with Gasteiger partial charge in [-0.1, -0.05) is 34.1 Å². The Morgan fingerprint density at radius 1 is 0.971 bits per heavy atom. The second kappa shape index (κ2) is 9.05. The maximum absolute atomic E-state index is 13.7. The van der Waals surface area contributed by atoms with Crippen molar-refractivity contribution in [1.29, 1.82) is 0 Å². The van der Waals surface area contributed by atoms with Crippen LogP contribution in [-0.2, 0) is 14.4 Å². The summed E-state index contributed by atoms with van der Waals surface area (Å²) in [5.74, 6) is -1.30. The second-order valence-electron chi connectivity index (χ2n) is 7.93. The van der Waals surface area contributed by atoms with Gasteiger partial charge in [0.2, 0.25) is 5.91 Å². The molecule has 3 atom stereocenters. The number of imide groups is 1. The molecule has 2 fully saturated rings. The Labute approximate surface area is 213 Å².